The van der Waals surface area contributed by atoms with Crippen molar-refractivity contribution in [3.8, 4) is 0 Å². The minimum atomic E-state index is 0.302. The molecule has 0 aliphatic rings. The normalized spacial score (nSPS) is 11.5. The van der Waals surface area contributed by atoms with E-state index in [4.69, 9.17) is 0 Å². The Hall–Kier alpha value is -5.74. The van der Waals surface area contributed by atoms with E-state index in [2.05, 4.69) is 159 Å². The molecule has 9 heteroatoms. The van der Waals surface area contributed by atoms with Gasteiger partial charge < -0.3 is 10.6 Å². The SMILES string of the molecule is Cc1ccc2c(Nc3cc(CN(Cc4ccc(Sc5ccccc5)c(Nc5ccnc6nc(C)ccc56)c4)C(C)C)ccc3Sc3ccccc3)ccnc2n1. The Balaban J connectivity index is 1.10. The molecule has 2 N–H and O–H groups in total. The first-order chi connectivity index (χ1) is 27.3. The molecule has 4 heterocycles. The molecule has 0 aliphatic carbocycles. The lowest BCUT2D eigenvalue weighted by molar-refractivity contribution is 0.203. The van der Waals surface area contributed by atoms with Crippen molar-refractivity contribution >= 4 is 68.3 Å². The van der Waals surface area contributed by atoms with Crippen molar-refractivity contribution in [3.05, 3.63) is 168 Å². The first kappa shape index (κ1) is 37.2. The summed E-state index contributed by atoms with van der Waals surface area (Å²) in [5, 5.41) is 9.55. The van der Waals surface area contributed by atoms with Crippen LogP contribution in [0.25, 0.3) is 22.1 Å². The Morgan fingerprint density at radius 2 is 0.964 bits per heavy atom. The molecule has 4 aromatic heterocycles. The van der Waals surface area contributed by atoms with Gasteiger partial charge in [-0.15, -0.1) is 0 Å². The van der Waals surface area contributed by atoms with Crippen LogP contribution >= 0.6 is 23.5 Å². The molecule has 0 fully saturated rings. The highest BCUT2D eigenvalue weighted by atomic mass is 32.2. The van der Waals surface area contributed by atoms with Gasteiger partial charge in [-0.25, -0.2) is 19.9 Å². The molecule has 0 radical (unpaired) electrons. The summed E-state index contributed by atoms with van der Waals surface area (Å²) in [4.78, 5) is 25.7. The van der Waals surface area contributed by atoms with E-state index in [1.165, 1.54) is 20.9 Å². The van der Waals surface area contributed by atoms with E-state index in [1.54, 1.807) is 23.5 Å². The second kappa shape index (κ2) is 17.0. The number of aromatic nitrogens is 4. The van der Waals surface area contributed by atoms with Gasteiger partial charge in [0.05, 0.1) is 22.7 Å². The van der Waals surface area contributed by atoms with Crippen molar-refractivity contribution in [2.75, 3.05) is 10.6 Å². The zero-order chi connectivity index (χ0) is 38.4. The fraction of sp³-hybridized carbons (Fsp3) is 0.149. The van der Waals surface area contributed by atoms with Crippen molar-refractivity contribution in [1.82, 2.24) is 24.8 Å². The van der Waals surface area contributed by atoms with Crippen LogP contribution < -0.4 is 10.6 Å². The van der Waals surface area contributed by atoms with Gasteiger partial charge in [-0.1, -0.05) is 72.1 Å². The Morgan fingerprint density at radius 1 is 0.518 bits per heavy atom. The highest BCUT2D eigenvalue weighted by molar-refractivity contribution is 7.99. The number of hydrogen-bond donors (Lipinski definition) is 2. The van der Waals surface area contributed by atoms with Crippen LogP contribution in [-0.2, 0) is 13.1 Å². The number of nitrogens with one attached hydrogen (secondary N) is 2. The molecular weight excluding hydrogens is 727 g/mol. The lowest BCUT2D eigenvalue weighted by atomic mass is 10.1. The summed E-state index contributed by atoms with van der Waals surface area (Å²) in [5.74, 6) is 0. The summed E-state index contributed by atoms with van der Waals surface area (Å²) >= 11 is 3.52. The van der Waals surface area contributed by atoms with Gasteiger partial charge >= 0.3 is 0 Å². The lowest BCUT2D eigenvalue weighted by Gasteiger charge is -2.28. The number of nitrogens with zero attached hydrogens (tertiary/aromatic N) is 5. The number of hydrogen-bond acceptors (Lipinski definition) is 9. The predicted octanol–water partition coefficient (Wildman–Crippen LogP) is 12.4. The Kier molecular flexibility index (Phi) is 11.3. The molecule has 0 spiro atoms. The summed E-state index contributed by atoms with van der Waals surface area (Å²) in [7, 11) is 0. The minimum absolute atomic E-state index is 0.302. The van der Waals surface area contributed by atoms with Crippen LogP contribution in [-0.4, -0.2) is 30.9 Å². The monoisotopic (exact) mass is 769 g/mol. The summed E-state index contributed by atoms with van der Waals surface area (Å²) in [6, 6.07) is 47.3. The van der Waals surface area contributed by atoms with Crippen LogP contribution in [0.5, 0.6) is 0 Å². The second-order valence-electron chi connectivity index (χ2n) is 14.1. The van der Waals surface area contributed by atoms with Crippen molar-refractivity contribution in [2.45, 2.75) is 66.4 Å². The van der Waals surface area contributed by atoms with Gasteiger partial charge in [0.2, 0.25) is 0 Å². The number of rotatable bonds is 13. The first-order valence-electron chi connectivity index (χ1n) is 18.8. The molecular formula is C47H43N7S2. The van der Waals surface area contributed by atoms with Gasteiger partial charge in [0.25, 0.3) is 0 Å². The lowest BCUT2D eigenvalue weighted by Crippen LogP contribution is -2.29. The average molecular weight is 770 g/mol. The third-order valence-corrected chi connectivity index (χ3v) is 11.7. The molecule has 278 valence electrons. The summed E-state index contributed by atoms with van der Waals surface area (Å²) in [6.07, 6.45) is 3.65. The molecule has 0 aliphatic heterocycles. The third-order valence-electron chi connectivity index (χ3n) is 9.56. The fourth-order valence-corrected chi connectivity index (χ4v) is 8.41. The number of aryl methyl sites for hydroxylation is 2. The number of benzene rings is 4. The van der Waals surface area contributed by atoms with Gasteiger partial charge in [0.1, 0.15) is 0 Å². The first-order valence-corrected chi connectivity index (χ1v) is 20.4. The van der Waals surface area contributed by atoms with Crippen LogP contribution in [0.4, 0.5) is 22.7 Å². The van der Waals surface area contributed by atoms with Crippen molar-refractivity contribution < 1.29 is 0 Å². The van der Waals surface area contributed by atoms with Crippen LogP contribution in [0.2, 0.25) is 0 Å². The summed E-state index contributed by atoms with van der Waals surface area (Å²) in [6.45, 7) is 10.1. The van der Waals surface area contributed by atoms with E-state index in [1.807, 2.05) is 50.5 Å². The number of pyridine rings is 4. The van der Waals surface area contributed by atoms with Crippen LogP contribution in [0, 0.1) is 13.8 Å². The van der Waals surface area contributed by atoms with E-state index in [0.29, 0.717) is 6.04 Å². The third kappa shape index (κ3) is 8.87. The molecule has 4 aromatic carbocycles. The second-order valence-corrected chi connectivity index (χ2v) is 16.3. The highest BCUT2D eigenvalue weighted by Crippen LogP contribution is 2.39. The van der Waals surface area contributed by atoms with Gasteiger partial charge in [-0.3, -0.25) is 4.90 Å². The van der Waals surface area contributed by atoms with Crippen LogP contribution in [0.1, 0.15) is 36.4 Å². The predicted molar refractivity (Wildman–Crippen MR) is 234 cm³/mol. The molecule has 8 rings (SSSR count). The average Bonchev–Trinajstić information content (AvgIpc) is 3.20. The molecule has 0 saturated carbocycles. The van der Waals surface area contributed by atoms with E-state index < -0.39 is 0 Å². The van der Waals surface area contributed by atoms with Crippen molar-refractivity contribution in [3.63, 3.8) is 0 Å². The fourth-order valence-electron chi connectivity index (χ4n) is 6.60. The molecule has 0 unspecified atom stereocenters. The summed E-state index contributed by atoms with van der Waals surface area (Å²) in [5.41, 5.74) is 9.90. The minimum Gasteiger partial charge on any atom is -0.354 e. The van der Waals surface area contributed by atoms with E-state index in [9.17, 15) is 0 Å². The van der Waals surface area contributed by atoms with E-state index in [-0.39, 0.29) is 0 Å². The van der Waals surface area contributed by atoms with Gasteiger partial charge in [-0.2, -0.15) is 0 Å². The van der Waals surface area contributed by atoms with Gasteiger partial charge in [0, 0.05) is 73.3 Å². The van der Waals surface area contributed by atoms with Crippen LogP contribution in [0.15, 0.2) is 165 Å². The topological polar surface area (TPSA) is 78.9 Å². The molecule has 0 bridgehead atoms. The largest absolute Gasteiger partial charge is 0.354 e. The Labute approximate surface area is 337 Å². The van der Waals surface area contributed by atoms with Crippen molar-refractivity contribution in [2.24, 2.45) is 0 Å². The molecule has 8 aromatic rings. The maximum absolute atomic E-state index is 4.68. The Morgan fingerprint density at radius 3 is 1.39 bits per heavy atom. The number of anilines is 4. The van der Waals surface area contributed by atoms with E-state index >= 15 is 0 Å². The smallest absolute Gasteiger partial charge is 0.161 e. The van der Waals surface area contributed by atoms with E-state index in [0.717, 1.165) is 79.1 Å². The standard InChI is InChI=1S/C47H43N7S2/c1-31(2)54(29-34-17-21-44(55-36-11-7-5-8-12-36)42(27-34)52-40-23-25-48-46-38(40)19-15-32(3)50-46)30-35-18-22-45(56-37-13-9-6-10-14-37)43(28-35)53-41-24-26-49-47-39(41)20-16-33(4)51-47/h5-28,31H,29-30H2,1-4H3,(H,48,50,52)(H,49,51,53). The molecule has 0 atom stereocenters. The zero-order valence-electron chi connectivity index (χ0n) is 31.9. The quantitative estimate of drug-likeness (QED) is 0.119. The number of fused-ring (bicyclic) bond motifs is 2. The highest BCUT2D eigenvalue weighted by Gasteiger charge is 2.17. The Bertz CT molecular complexity index is 2440. The molecule has 56 heavy (non-hydrogen) atoms. The maximum atomic E-state index is 4.68. The van der Waals surface area contributed by atoms with Crippen LogP contribution in [0.3, 0.4) is 0 Å². The molecule has 7 nitrogen and oxygen atoms in total. The maximum Gasteiger partial charge on any atom is 0.161 e. The molecule has 0 saturated heterocycles. The zero-order valence-corrected chi connectivity index (χ0v) is 33.5. The summed E-state index contributed by atoms with van der Waals surface area (Å²) < 4.78 is 0. The van der Waals surface area contributed by atoms with Crippen molar-refractivity contribution in [1.29, 1.82) is 0 Å². The van der Waals surface area contributed by atoms with Gasteiger partial charge in [-0.05, 0) is 124 Å². The van der Waals surface area contributed by atoms with Gasteiger partial charge in [0.15, 0.2) is 11.3 Å². The molecule has 0 amide bonds.